The third-order valence-corrected chi connectivity index (χ3v) is 3.37. The van der Waals surface area contributed by atoms with Gasteiger partial charge >= 0.3 is 0 Å². The van der Waals surface area contributed by atoms with E-state index in [4.69, 9.17) is 4.74 Å². The molecule has 4 nitrogen and oxygen atoms in total. The number of hydrogen-bond donors (Lipinski definition) is 1. The van der Waals surface area contributed by atoms with Crippen LogP contribution >= 0.6 is 0 Å². The lowest BCUT2D eigenvalue weighted by molar-refractivity contribution is 0.210. The van der Waals surface area contributed by atoms with Gasteiger partial charge in [-0.05, 0) is 49.9 Å². The fourth-order valence-corrected chi connectivity index (χ4v) is 2.58. The van der Waals surface area contributed by atoms with E-state index in [0.29, 0.717) is 11.8 Å². The molecule has 0 amide bonds. The lowest BCUT2D eigenvalue weighted by atomic mass is 10.3. The van der Waals surface area contributed by atoms with Crippen molar-refractivity contribution in [2.75, 3.05) is 11.0 Å². The van der Waals surface area contributed by atoms with Gasteiger partial charge in [-0.15, -0.1) is 0 Å². The zero-order chi connectivity index (χ0) is 12.3. The number of nitrogens with one attached hydrogen (secondary N) is 1. The van der Waals surface area contributed by atoms with Crippen LogP contribution in [0.25, 0.3) is 0 Å². The molecule has 1 aromatic carbocycles. The van der Waals surface area contributed by atoms with E-state index in [2.05, 4.69) is 4.72 Å². The molecule has 17 heavy (non-hydrogen) atoms. The predicted octanol–water partition coefficient (Wildman–Crippen LogP) is 2.38. The van der Waals surface area contributed by atoms with Gasteiger partial charge in [0.15, 0.2) is 0 Å². The number of benzene rings is 1. The van der Waals surface area contributed by atoms with Crippen molar-refractivity contribution in [2.24, 2.45) is 0 Å². The molecular weight excluding hydrogens is 238 g/mol. The minimum absolute atomic E-state index is 0.323. The molecule has 2 rings (SSSR count). The van der Waals surface area contributed by atoms with Crippen molar-refractivity contribution in [1.82, 2.24) is 0 Å². The summed E-state index contributed by atoms with van der Waals surface area (Å²) >= 11 is 0. The van der Waals surface area contributed by atoms with Crippen LogP contribution < -0.4 is 9.46 Å². The zero-order valence-electron chi connectivity index (χ0n) is 9.85. The fourth-order valence-electron chi connectivity index (χ4n) is 2.01. The second-order valence-corrected chi connectivity index (χ2v) is 6.17. The molecule has 0 atom stereocenters. The smallest absolute Gasteiger partial charge is 0.229 e. The molecule has 1 saturated carbocycles. The summed E-state index contributed by atoms with van der Waals surface area (Å²) < 4.78 is 30.2. The van der Waals surface area contributed by atoms with E-state index < -0.39 is 10.0 Å². The highest BCUT2D eigenvalue weighted by atomic mass is 32.2. The third kappa shape index (κ3) is 3.93. The predicted molar refractivity (Wildman–Crippen MR) is 67.8 cm³/mol. The number of rotatable bonds is 4. The van der Waals surface area contributed by atoms with Gasteiger partial charge in [0.05, 0.1) is 12.4 Å². The molecule has 1 aliphatic carbocycles. The summed E-state index contributed by atoms with van der Waals surface area (Å²) in [7, 11) is -3.20. The summed E-state index contributed by atoms with van der Waals surface area (Å²) in [5.41, 5.74) is 0.561. The van der Waals surface area contributed by atoms with E-state index in [9.17, 15) is 8.42 Å². The molecule has 0 bridgehead atoms. The lowest BCUT2D eigenvalue weighted by Crippen LogP contribution is -2.11. The van der Waals surface area contributed by atoms with Crippen LogP contribution in [0.5, 0.6) is 5.75 Å². The minimum Gasteiger partial charge on any atom is -0.490 e. The lowest BCUT2D eigenvalue weighted by Gasteiger charge is -2.13. The molecule has 5 heteroatoms. The Morgan fingerprint density at radius 2 is 1.76 bits per heavy atom. The highest BCUT2D eigenvalue weighted by molar-refractivity contribution is 7.92. The monoisotopic (exact) mass is 255 g/mol. The summed E-state index contributed by atoms with van der Waals surface area (Å²) in [4.78, 5) is 0. The van der Waals surface area contributed by atoms with Crippen molar-refractivity contribution in [1.29, 1.82) is 0 Å². The molecule has 0 spiro atoms. The van der Waals surface area contributed by atoms with Gasteiger partial charge in [0.25, 0.3) is 0 Å². The van der Waals surface area contributed by atoms with Gasteiger partial charge in [0.1, 0.15) is 5.75 Å². The van der Waals surface area contributed by atoms with Crippen molar-refractivity contribution < 1.29 is 13.2 Å². The standard InChI is InChI=1S/C12H17NO3S/c1-17(14,15)13-10-6-8-12(9-7-10)16-11-4-2-3-5-11/h6-9,11,13H,2-5H2,1H3. The maximum absolute atomic E-state index is 11.0. The first-order valence-electron chi connectivity index (χ1n) is 5.77. The van der Waals surface area contributed by atoms with Crippen LogP contribution in [0.1, 0.15) is 25.7 Å². The Kier molecular flexibility index (Phi) is 3.57. The molecule has 94 valence electrons. The van der Waals surface area contributed by atoms with Crippen LogP contribution in [-0.2, 0) is 10.0 Å². The van der Waals surface area contributed by atoms with Crippen LogP contribution in [0.15, 0.2) is 24.3 Å². The molecule has 0 unspecified atom stereocenters. The summed E-state index contributed by atoms with van der Waals surface area (Å²) in [6, 6.07) is 7.02. The first-order valence-corrected chi connectivity index (χ1v) is 7.66. The molecule has 0 aliphatic heterocycles. The summed E-state index contributed by atoms with van der Waals surface area (Å²) in [6.45, 7) is 0. The average molecular weight is 255 g/mol. The Morgan fingerprint density at radius 3 is 2.29 bits per heavy atom. The summed E-state index contributed by atoms with van der Waals surface area (Å²) in [6.07, 6.45) is 6.16. The fraction of sp³-hybridized carbons (Fsp3) is 0.500. The quantitative estimate of drug-likeness (QED) is 0.898. The van der Waals surface area contributed by atoms with E-state index in [1.165, 1.54) is 12.8 Å². The van der Waals surface area contributed by atoms with Gasteiger partial charge in [-0.3, -0.25) is 4.72 Å². The van der Waals surface area contributed by atoms with Gasteiger partial charge in [-0.25, -0.2) is 8.42 Å². The maximum atomic E-state index is 11.0. The number of sulfonamides is 1. The SMILES string of the molecule is CS(=O)(=O)Nc1ccc(OC2CCCC2)cc1. The topological polar surface area (TPSA) is 55.4 Å². The molecular formula is C12H17NO3S. The second kappa shape index (κ2) is 4.96. The highest BCUT2D eigenvalue weighted by Crippen LogP contribution is 2.25. The van der Waals surface area contributed by atoms with Gasteiger partial charge < -0.3 is 4.74 Å². The average Bonchev–Trinajstić information content (AvgIpc) is 2.71. The Morgan fingerprint density at radius 1 is 1.18 bits per heavy atom. The van der Waals surface area contributed by atoms with Crippen LogP contribution in [0.2, 0.25) is 0 Å². The zero-order valence-corrected chi connectivity index (χ0v) is 10.7. The Labute approximate surface area is 102 Å². The van der Waals surface area contributed by atoms with Crippen molar-refractivity contribution >= 4 is 15.7 Å². The molecule has 0 saturated heterocycles. The Hall–Kier alpha value is -1.23. The number of hydrogen-bond acceptors (Lipinski definition) is 3. The van der Waals surface area contributed by atoms with E-state index in [1.807, 2.05) is 0 Å². The molecule has 1 aliphatic rings. The number of ether oxygens (including phenoxy) is 1. The second-order valence-electron chi connectivity index (χ2n) is 4.42. The molecule has 1 fully saturated rings. The highest BCUT2D eigenvalue weighted by Gasteiger charge is 2.16. The van der Waals surface area contributed by atoms with Crippen LogP contribution in [0, 0.1) is 0 Å². The molecule has 0 radical (unpaired) electrons. The van der Waals surface area contributed by atoms with E-state index in [-0.39, 0.29) is 0 Å². The first kappa shape index (κ1) is 12.2. The molecule has 0 heterocycles. The van der Waals surface area contributed by atoms with E-state index >= 15 is 0 Å². The summed E-state index contributed by atoms with van der Waals surface area (Å²) in [5.74, 6) is 0.802. The van der Waals surface area contributed by atoms with Crippen LogP contribution in [0.4, 0.5) is 5.69 Å². The van der Waals surface area contributed by atoms with E-state index in [1.54, 1.807) is 24.3 Å². The molecule has 1 N–H and O–H groups in total. The maximum Gasteiger partial charge on any atom is 0.229 e. The summed E-state index contributed by atoms with van der Waals surface area (Å²) in [5, 5.41) is 0. The van der Waals surface area contributed by atoms with Crippen molar-refractivity contribution in [3.63, 3.8) is 0 Å². The Balaban J connectivity index is 1.97. The molecule has 0 aromatic heterocycles. The number of anilines is 1. The normalized spacial score (nSPS) is 17.0. The van der Waals surface area contributed by atoms with Gasteiger partial charge in [-0.1, -0.05) is 0 Å². The largest absolute Gasteiger partial charge is 0.490 e. The van der Waals surface area contributed by atoms with Gasteiger partial charge in [0.2, 0.25) is 10.0 Å². The molecule has 1 aromatic rings. The first-order chi connectivity index (χ1) is 8.03. The third-order valence-electron chi connectivity index (χ3n) is 2.76. The van der Waals surface area contributed by atoms with Gasteiger partial charge in [0, 0.05) is 5.69 Å². The van der Waals surface area contributed by atoms with Crippen LogP contribution in [-0.4, -0.2) is 20.8 Å². The Bertz CT molecular complexity index is 461. The van der Waals surface area contributed by atoms with Crippen LogP contribution in [0.3, 0.4) is 0 Å². The van der Waals surface area contributed by atoms with Crippen molar-refractivity contribution in [2.45, 2.75) is 31.8 Å². The van der Waals surface area contributed by atoms with Crippen molar-refractivity contribution in [3.05, 3.63) is 24.3 Å². The van der Waals surface area contributed by atoms with Crippen molar-refractivity contribution in [3.8, 4) is 5.75 Å². The van der Waals surface area contributed by atoms with Gasteiger partial charge in [-0.2, -0.15) is 0 Å². The minimum atomic E-state index is -3.20. The van der Waals surface area contributed by atoms with E-state index in [0.717, 1.165) is 24.8 Å².